The summed E-state index contributed by atoms with van der Waals surface area (Å²) in [7, 11) is 0. The standard InChI is InChI=1S/C13H12ClN7/c1-8-6-12(14)21(20-8)10-4-2-9(3-5-10)18-19-11(7-15)13(16)17/h2-6,18H,1H3,(H3,16,17)/b19-11+. The van der Waals surface area contributed by atoms with Crippen molar-refractivity contribution in [2.75, 3.05) is 5.43 Å². The molecule has 2 rings (SSSR count). The molecule has 0 saturated heterocycles. The number of benzene rings is 1. The van der Waals surface area contributed by atoms with Gasteiger partial charge < -0.3 is 5.73 Å². The average molecular weight is 302 g/mol. The minimum absolute atomic E-state index is 0.176. The van der Waals surface area contributed by atoms with Gasteiger partial charge in [-0.05, 0) is 37.3 Å². The Morgan fingerprint density at radius 2 is 2.14 bits per heavy atom. The predicted molar refractivity (Wildman–Crippen MR) is 81.9 cm³/mol. The predicted octanol–water partition coefficient (Wildman–Crippen LogP) is 2.06. The fourth-order valence-electron chi connectivity index (χ4n) is 1.59. The molecule has 0 spiro atoms. The van der Waals surface area contributed by atoms with Crippen molar-refractivity contribution in [3.63, 3.8) is 0 Å². The summed E-state index contributed by atoms with van der Waals surface area (Å²) in [5.74, 6) is -0.389. The third-order valence-electron chi connectivity index (χ3n) is 2.56. The van der Waals surface area contributed by atoms with Crippen molar-refractivity contribution < 1.29 is 0 Å². The fourth-order valence-corrected chi connectivity index (χ4v) is 1.89. The van der Waals surface area contributed by atoms with Crippen LogP contribution in [0.1, 0.15) is 5.69 Å². The van der Waals surface area contributed by atoms with Crippen LogP contribution in [0.3, 0.4) is 0 Å². The van der Waals surface area contributed by atoms with E-state index in [1.807, 2.05) is 6.92 Å². The molecule has 106 valence electrons. The van der Waals surface area contributed by atoms with Crippen LogP contribution in [0, 0.1) is 23.7 Å². The van der Waals surface area contributed by atoms with Crippen molar-refractivity contribution in [1.29, 1.82) is 10.7 Å². The Morgan fingerprint density at radius 3 is 2.62 bits per heavy atom. The zero-order valence-corrected chi connectivity index (χ0v) is 11.9. The van der Waals surface area contributed by atoms with E-state index in [9.17, 15) is 0 Å². The highest BCUT2D eigenvalue weighted by Crippen LogP contribution is 2.18. The maximum Gasteiger partial charge on any atom is 0.201 e. The van der Waals surface area contributed by atoms with Crippen LogP contribution >= 0.6 is 11.6 Å². The van der Waals surface area contributed by atoms with E-state index >= 15 is 0 Å². The summed E-state index contributed by atoms with van der Waals surface area (Å²) in [6.07, 6.45) is 0. The smallest absolute Gasteiger partial charge is 0.201 e. The number of halogens is 1. The van der Waals surface area contributed by atoms with E-state index in [4.69, 9.17) is 28.0 Å². The zero-order valence-electron chi connectivity index (χ0n) is 11.1. The van der Waals surface area contributed by atoms with Crippen molar-refractivity contribution in [2.45, 2.75) is 6.92 Å². The van der Waals surface area contributed by atoms with Gasteiger partial charge in [-0.2, -0.15) is 15.5 Å². The van der Waals surface area contributed by atoms with Crippen LogP contribution in [0.5, 0.6) is 0 Å². The molecule has 0 aliphatic carbocycles. The van der Waals surface area contributed by atoms with Crippen LogP contribution in [0.25, 0.3) is 5.69 Å². The molecule has 0 bridgehead atoms. The molecule has 4 N–H and O–H groups in total. The monoisotopic (exact) mass is 301 g/mol. The first-order valence-corrected chi connectivity index (χ1v) is 6.30. The molecule has 7 nitrogen and oxygen atoms in total. The number of hydrogen-bond acceptors (Lipinski definition) is 5. The van der Waals surface area contributed by atoms with E-state index in [-0.39, 0.29) is 11.5 Å². The van der Waals surface area contributed by atoms with Crippen molar-refractivity contribution in [3.05, 3.63) is 41.2 Å². The van der Waals surface area contributed by atoms with Crippen molar-refractivity contribution in [1.82, 2.24) is 9.78 Å². The number of aryl methyl sites for hydroxylation is 1. The van der Waals surface area contributed by atoms with Gasteiger partial charge >= 0.3 is 0 Å². The van der Waals surface area contributed by atoms with Gasteiger partial charge in [0, 0.05) is 0 Å². The molecule has 1 aromatic heterocycles. The highest BCUT2D eigenvalue weighted by atomic mass is 35.5. The molecule has 2 aromatic rings. The zero-order chi connectivity index (χ0) is 15.4. The van der Waals surface area contributed by atoms with Gasteiger partial charge in [-0.25, -0.2) is 4.68 Å². The molecular formula is C13H12ClN7. The number of nitrogens with one attached hydrogen (secondary N) is 2. The molecule has 21 heavy (non-hydrogen) atoms. The van der Waals surface area contributed by atoms with Crippen LogP contribution in [0.2, 0.25) is 5.15 Å². The fraction of sp³-hybridized carbons (Fsp3) is 0.0769. The Morgan fingerprint density at radius 1 is 1.48 bits per heavy atom. The van der Waals surface area contributed by atoms with Gasteiger partial charge in [0.15, 0.2) is 5.84 Å². The lowest BCUT2D eigenvalue weighted by Gasteiger charge is -2.05. The number of rotatable bonds is 4. The molecule has 0 saturated carbocycles. The second kappa shape index (κ2) is 6.07. The van der Waals surface area contributed by atoms with Gasteiger partial charge in [0.25, 0.3) is 0 Å². The highest BCUT2D eigenvalue weighted by molar-refractivity contribution is 6.45. The Hall–Kier alpha value is -2.85. The van der Waals surface area contributed by atoms with E-state index in [2.05, 4.69) is 15.6 Å². The normalized spacial score (nSPS) is 11.0. The lowest BCUT2D eigenvalue weighted by atomic mass is 10.3. The van der Waals surface area contributed by atoms with E-state index in [1.54, 1.807) is 41.1 Å². The number of amidine groups is 1. The number of anilines is 1. The molecule has 0 amide bonds. The average Bonchev–Trinajstić information content (AvgIpc) is 2.79. The number of nitrogens with two attached hydrogens (primary N) is 1. The van der Waals surface area contributed by atoms with Crippen LogP contribution < -0.4 is 11.2 Å². The van der Waals surface area contributed by atoms with Crippen LogP contribution in [-0.2, 0) is 0 Å². The summed E-state index contributed by atoms with van der Waals surface area (Å²) in [5, 5.41) is 24.4. The number of aromatic nitrogens is 2. The molecule has 0 aliphatic heterocycles. The van der Waals surface area contributed by atoms with E-state index in [1.165, 1.54) is 0 Å². The minimum Gasteiger partial charge on any atom is -0.382 e. The molecule has 8 heteroatoms. The molecule has 0 unspecified atom stereocenters. The summed E-state index contributed by atoms with van der Waals surface area (Å²) in [4.78, 5) is 0. The Labute approximate surface area is 126 Å². The molecule has 1 heterocycles. The summed E-state index contributed by atoms with van der Waals surface area (Å²) in [5.41, 5.74) is 9.95. The number of hydrogen-bond donors (Lipinski definition) is 3. The summed E-state index contributed by atoms with van der Waals surface area (Å²) in [6, 6.07) is 10.6. The van der Waals surface area contributed by atoms with Crippen LogP contribution in [-0.4, -0.2) is 21.3 Å². The van der Waals surface area contributed by atoms with Crippen molar-refractivity contribution in [2.24, 2.45) is 10.8 Å². The Bertz CT molecular complexity index is 737. The van der Waals surface area contributed by atoms with Gasteiger partial charge in [0.2, 0.25) is 5.71 Å². The van der Waals surface area contributed by atoms with Crippen LogP contribution in [0.4, 0.5) is 5.69 Å². The lowest BCUT2D eigenvalue weighted by molar-refractivity contribution is 0.863. The van der Waals surface area contributed by atoms with Gasteiger partial charge in [-0.15, -0.1) is 0 Å². The summed E-state index contributed by atoms with van der Waals surface area (Å²) in [6.45, 7) is 1.86. The first kappa shape index (κ1) is 14.6. The second-order valence-electron chi connectivity index (χ2n) is 4.16. The first-order valence-electron chi connectivity index (χ1n) is 5.92. The lowest BCUT2D eigenvalue weighted by Crippen LogP contribution is -2.21. The Kier molecular flexibility index (Phi) is 4.21. The molecule has 0 fully saturated rings. The SMILES string of the molecule is Cc1cc(Cl)n(-c2ccc(N/N=C(\C#N)C(=N)N)cc2)n1. The number of hydrazone groups is 1. The molecule has 0 radical (unpaired) electrons. The van der Waals surface area contributed by atoms with Gasteiger partial charge in [0.1, 0.15) is 11.2 Å². The largest absolute Gasteiger partial charge is 0.382 e. The summed E-state index contributed by atoms with van der Waals surface area (Å²) < 4.78 is 1.61. The summed E-state index contributed by atoms with van der Waals surface area (Å²) >= 11 is 6.07. The van der Waals surface area contributed by atoms with E-state index in [0.717, 1.165) is 11.4 Å². The molecule has 0 atom stereocenters. The first-order chi connectivity index (χ1) is 10.0. The van der Waals surface area contributed by atoms with E-state index in [0.29, 0.717) is 10.8 Å². The number of nitriles is 1. The third-order valence-corrected chi connectivity index (χ3v) is 2.83. The molecular weight excluding hydrogens is 290 g/mol. The van der Waals surface area contributed by atoms with E-state index < -0.39 is 0 Å². The van der Waals surface area contributed by atoms with Gasteiger partial charge in [-0.1, -0.05) is 11.6 Å². The Balaban J connectivity index is 2.18. The van der Waals surface area contributed by atoms with Crippen LogP contribution in [0.15, 0.2) is 35.4 Å². The van der Waals surface area contributed by atoms with Crippen molar-refractivity contribution >= 4 is 28.8 Å². The highest BCUT2D eigenvalue weighted by Gasteiger charge is 2.05. The van der Waals surface area contributed by atoms with Gasteiger partial charge in [0.05, 0.1) is 17.1 Å². The second-order valence-corrected chi connectivity index (χ2v) is 4.55. The third kappa shape index (κ3) is 3.38. The van der Waals surface area contributed by atoms with Crippen molar-refractivity contribution in [3.8, 4) is 11.8 Å². The molecule has 1 aromatic carbocycles. The maximum atomic E-state index is 8.73. The maximum absolute atomic E-state index is 8.73. The minimum atomic E-state index is -0.389. The number of nitrogens with zero attached hydrogens (tertiary/aromatic N) is 4. The molecule has 0 aliphatic rings. The van der Waals surface area contributed by atoms with Gasteiger partial charge in [-0.3, -0.25) is 10.8 Å². The topological polar surface area (TPSA) is 116 Å². The quantitative estimate of drug-likeness (QED) is 0.455.